The third-order valence-corrected chi connectivity index (χ3v) is 6.21. The Morgan fingerprint density at radius 1 is 1.04 bits per heavy atom. The summed E-state index contributed by atoms with van der Waals surface area (Å²) >= 11 is 0. The average molecular weight is 404 g/mol. The molecule has 1 N–H and O–H groups in total. The molecular weight excluding hydrogens is 378 g/mol. The molecule has 2 aromatic carbocycles. The van der Waals surface area contributed by atoms with Crippen LogP contribution in [0.1, 0.15) is 25.3 Å². The van der Waals surface area contributed by atoms with Crippen molar-refractivity contribution in [3.05, 3.63) is 58.5 Å². The van der Waals surface area contributed by atoms with Gasteiger partial charge in [0.05, 0.1) is 15.9 Å². The molecule has 0 bridgehead atoms. The highest BCUT2D eigenvalue weighted by molar-refractivity contribution is 7.89. The summed E-state index contributed by atoms with van der Waals surface area (Å²) in [6.45, 7) is 4.52. The van der Waals surface area contributed by atoms with Gasteiger partial charge < -0.3 is 4.74 Å². The number of nitrogens with one attached hydrogen (secondary N) is 1. The van der Waals surface area contributed by atoms with Crippen molar-refractivity contribution in [2.24, 2.45) is 14.1 Å². The molecule has 0 aliphatic heterocycles. The molecule has 1 aromatic heterocycles. The smallest absolute Gasteiger partial charge is 0.328 e. The summed E-state index contributed by atoms with van der Waals surface area (Å²) in [5.41, 5.74) is 2.13. The fourth-order valence-electron chi connectivity index (χ4n) is 3.16. The summed E-state index contributed by atoms with van der Waals surface area (Å²) in [5.74, 6) is 1.08. The van der Waals surface area contributed by atoms with Crippen molar-refractivity contribution in [2.75, 3.05) is 13.2 Å². The van der Waals surface area contributed by atoms with Gasteiger partial charge in [-0.1, -0.05) is 32.0 Å². The van der Waals surface area contributed by atoms with Crippen LogP contribution in [0.25, 0.3) is 11.0 Å². The van der Waals surface area contributed by atoms with Crippen LogP contribution in [0.15, 0.2) is 52.2 Å². The van der Waals surface area contributed by atoms with E-state index >= 15 is 0 Å². The van der Waals surface area contributed by atoms with Crippen molar-refractivity contribution in [2.45, 2.75) is 24.7 Å². The standard InChI is InChI=1S/C20H25N3O4S/c1-14(2)16-7-5-6-8-19(16)27-12-11-21-28(25,26)15-9-10-17-18(13-15)23(4)20(24)22(17)3/h5-10,13-14,21H,11-12H2,1-4H3. The molecule has 3 rings (SSSR count). The van der Waals surface area contributed by atoms with Crippen LogP contribution < -0.4 is 15.1 Å². The molecular formula is C20H25N3O4S. The number of para-hydroxylation sites is 1. The second-order valence-electron chi connectivity index (χ2n) is 6.99. The number of imidazole rings is 1. The molecule has 8 heteroatoms. The maximum Gasteiger partial charge on any atom is 0.328 e. The molecule has 0 unspecified atom stereocenters. The van der Waals surface area contributed by atoms with E-state index in [0.29, 0.717) is 17.0 Å². The summed E-state index contributed by atoms with van der Waals surface area (Å²) in [5, 5.41) is 0. The van der Waals surface area contributed by atoms with Gasteiger partial charge in [-0.3, -0.25) is 9.13 Å². The quantitative estimate of drug-likeness (QED) is 0.614. The third kappa shape index (κ3) is 3.83. The van der Waals surface area contributed by atoms with Crippen LogP contribution in [0.4, 0.5) is 0 Å². The Hall–Kier alpha value is -2.58. The van der Waals surface area contributed by atoms with Crippen molar-refractivity contribution >= 4 is 21.1 Å². The lowest BCUT2D eigenvalue weighted by molar-refractivity contribution is 0.318. The van der Waals surface area contributed by atoms with E-state index in [1.54, 1.807) is 20.2 Å². The molecule has 1 heterocycles. The van der Waals surface area contributed by atoms with Crippen molar-refractivity contribution in [3.8, 4) is 5.75 Å². The number of ether oxygens (including phenoxy) is 1. The normalized spacial score (nSPS) is 12.0. The van der Waals surface area contributed by atoms with Gasteiger partial charge in [0, 0.05) is 20.6 Å². The van der Waals surface area contributed by atoms with E-state index < -0.39 is 10.0 Å². The van der Waals surface area contributed by atoms with Crippen molar-refractivity contribution in [3.63, 3.8) is 0 Å². The Kier molecular flexibility index (Phi) is 5.62. The van der Waals surface area contributed by atoms with E-state index in [1.807, 2.05) is 24.3 Å². The molecule has 0 fully saturated rings. The fourth-order valence-corrected chi connectivity index (χ4v) is 4.20. The highest BCUT2D eigenvalue weighted by Crippen LogP contribution is 2.25. The van der Waals surface area contributed by atoms with Crippen LogP contribution in [0.5, 0.6) is 5.75 Å². The first-order chi connectivity index (χ1) is 13.2. The van der Waals surface area contributed by atoms with Crippen LogP contribution in [0, 0.1) is 0 Å². The topological polar surface area (TPSA) is 82.3 Å². The second-order valence-corrected chi connectivity index (χ2v) is 8.76. The lowest BCUT2D eigenvalue weighted by Gasteiger charge is -2.14. The zero-order valence-corrected chi connectivity index (χ0v) is 17.3. The minimum Gasteiger partial charge on any atom is -0.492 e. The Morgan fingerprint density at radius 3 is 2.43 bits per heavy atom. The predicted octanol–water partition coefficient (Wildman–Crippen LogP) is 2.36. The van der Waals surface area contributed by atoms with Gasteiger partial charge in [-0.15, -0.1) is 0 Å². The van der Waals surface area contributed by atoms with E-state index in [-0.39, 0.29) is 23.7 Å². The minimum absolute atomic E-state index is 0.115. The molecule has 28 heavy (non-hydrogen) atoms. The molecule has 0 aliphatic rings. The molecule has 0 aliphatic carbocycles. The number of fused-ring (bicyclic) bond motifs is 1. The Morgan fingerprint density at radius 2 is 1.71 bits per heavy atom. The number of hydrogen-bond donors (Lipinski definition) is 1. The van der Waals surface area contributed by atoms with E-state index in [4.69, 9.17) is 4.74 Å². The molecule has 7 nitrogen and oxygen atoms in total. The first-order valence-corrected chi connectivity index (χ1v) is 10.6. The number of hydrogen-bond acceptors (Lipinski definition) is 4. The van der Waals surface area contributed by atoms with Gasteiger partial charge in [-0.05, 0) is 35.7 Å². The zero-order chi connectivity index (χ0) is 20.5. The summed E-state index contributed by atoms with van der Waals surface area (Å²) in [7, 11) is -0.432. The molecule has 0 spiro atoms. The largest absolute Gasteiger partial charge is 0.492 e. The first kappa shape index (κ1) is 20.2. The van der Waals surface area contributed by atoms with Crippen LogP contribution in [0.3, 0.4) is 0 Å². The molecule has 3 aromatic rings. The van der Waals surface area contributed by atoms with Gasteiger partial charge in [-0.2, -0.15) is 0 Å². The summed E-state index contributed by atoms with van der Waals surface area (Å²) in [4.78, 5) is 12.1. The lowest BCUT2D eigenvalue weighted by atomic mass is 10.0. The minimum atomic E-state index is -3.71. The number of rotatable bonds is 7. The summed E-state index contributed by atoms with van der Waals surface area (Å²) in [6.07, 6.45) is 0. The monoisotopic (exact) mass is 403 g/mol. The highest BCUT2D eigenvalue weighted by Gasteiger charge is 2.17. The number of aryl methyl sites for hydroxylation is 2. The Labute approximate surface area is 164 Å². The summed E-state index contributed by atoms with van der Waals surface area (Å²) in [6, 6.07) is 12.4. The molecule has 0 saturated carbocycles. The van der Waals surface area contributed by atoms with Crippen LogP contribution in [-0.4, -0.2) is 30.7 Å². The predicted molar refractivity (Wildman–Crippen MR) is 109 cm³/mol. The number of benzene rings is 2. The number of sulfonamides is 1. The lowest BCUT2D eigenvalue weighted by Crippen LogP contribution is -2.28. The van der Waals surface area contributed by atoms with E-state index in [1.165, 1.54) is 21.3 Å². The first-order valence-electron chi connectivity index (χ1n) is 9.09. The Balaban J connectivity index is 1.70. The third-order valence-electron chi connectivity index (χ3n) is 4.75. The van der Waals surface area contributed by atoms with E-state index in [9.17, 15) is 13.2 Å². The molecule has 0 amide bonds. The SMILES string of the molecule is CC(C)c1ccccc1OCCNS(=O)(=O)c1ccc2c(c1)n(C)c(=O)n2C. The van der Waals surface area contributed by atoms with E-state index in [0.717, 1.165) is 11.3 Å². The van der Waals surface area contributed by atoms with Gasteiger partial charge in [0.15, 0.2) is 0 Å². The maximum absolute atomic E-state index is 12.6. The number of aromatic nitrogens is 2. The van der Waals surface area contributed by atoms with Gasteiger partial charge in [-0.25, -0.2) is 17.9 Å². The highest BCUT2D eigenvalue weighted by atomic mass is 32.2. The zero-order valence-electron chi connectivity index (χ0n) is 16.5. The van der Waals surface area contributed by atoms with Crippen LogP contribution >= 0.6 is 0 Å². The molecule has 0 radical (unpaired) electrons. The van der Waals surface area contributed by atoms with Gasteiger partial charge in [0.2, 0.25) is 10.0 Å². The molecule has 0 atom stereocenters. The molecule has 150 valence electrons. The number of nitrogens with zero attached hydrogens (tertiary/aromatic N) is 2. The van der Waals surface area contributed by atoms with Gasteiger partial charge in [0.25, 0.3) is 0 Å². The fraction of sp³-hybridized carbons (Fsp3) is 0.350. The van der Waals surface area contributed by atoms with Crippen molar-refractivity contribution in [1.29, 1.82) is 0 Å². The maximum atomic E-state index is 12.6. The summed E-state index contributed by atoms with van der Waals surface area (Å²) < 4.78 is 36.4. The van der Waals surface area contributed by atoms with Crippen molar-refractivity contribution in [1.82, 2.24) is 13.9 Å². The van der Waals surface area contributed by atoms with Crippen LogP contribution in [0.2, 0.25) is 0 Å². The second kappa shape index (κ2) is 7.81. The van der Waals surface area contributed by atoms with Crippen molar-refractivity contribution < 1.29 is 13.2 Å². The van der Waals surface area contributed by atoms with E-state index in [2.05, 4.69) is 18.6 Å². The van der Waals surface area contributed by atoms with Gasteiger partial charge in [0.1, 0.15) is 12.4 Å². The molecule has 0 saturated heterocycles. The van der Waals surface area contributed by atoms with Crippen LogP contribution in [-0.2, 0) is 24.1 Å². The average Bonchev–Trinajstić information content (AvgIpc) is 2.89. The Bertz CT molecular complexity index is 1160. The van der Waals surface area contributed by atoms with Gasteiger partial charge >= 0.3 is 5.69 Å².